The maximum absolute atomic E-state index is 9.07. The molecule has 0 atom stereocenters. The van der Waals surface area contributed by atoms with Crippen molar-refractivity contribution in [2.24, 2.45) is 0 Å². The Morgan fingerprint density at radius 2 is 1.83 bits per heavy atom. The average Bonchev–Trinajstić information content (AvgIpc) is 2.34. The topological polar surface area (TPSA) is 33.0 Å². The van der Waals surface area contributed by atoms with Crippen molar-refractivity contribution >= 4 is 15.9 Å². The third kappa shape index (κ3) is 2.72. The van der Waals surface area contributed by atoms with E-state index >= 15 is 0 Å². The van der Waals surface area contributed by atoms with Gasteiger partial charge < -0.3 is 4.74 Å². The van der Waals surface area contributed by atoms with Gasteiger partial charge in [0.1, 0.15) is 17.6 Å². The second-order valence-corrected chi connectivity index (χ2v) is 5.04. The highest BCUT2D eigenvalue weighted by molar-refractivity contribution is 9.10. The summed E-state index contributed by atoms with van der Waals surface area (Å²) in [6, 6.07) is 13.5. The van der Waals surface area contributed by atoms with E-state index in [1.165, 1.54) is 0 Å². The fraction of sp³-hybridized carbons (Fsp3) is 0.133. The zero-order chi connectivity index (χ0) is 13.1. The van der Waals surface area contributed by atoms with Crippen LogP contribution < -0.4 is 4.74 Å². The summed E-state index contributed by atoms with van der Waals surface area (Å²) in [6.07, 6.45) is 0. The van der Waals surface area contributed by atoms with E-state index in [0.29, 0.717) is 11.3 Å². The maximum atomic E-state index is 9.07. The summed E-state index contributed by atoms with van der Waals surface area (Å²) in [5.41, 5.74) is 2.70. The number of nitrogens with zero attached hydrogens (tertiary/aromatic N) is 1. The van der Waals surface area contributed by atoms with Crippen molar-refractivity contribution in [1.82, 2.24) is 0 Å². The molecule has 2 nitrogen and oxygen atoms in total. The average molecular weight is 302 g/mol. The largest absolute Gasteiger partial charge is 0.456 e. The monoisotopic (exact) mass is 301 g/mol. The third-order valence-corrected chi connectivity index (χ3v) is 3.12. The van der Waals surface area contributed by atoms with Gasteiger partial charge in [0.2, 0.25) is 0 Å². The lowest BCUT2D eigenvalue weighted by molar-refractivity contribution is 0.476. The van der Waals surface area contributed by atoms with Crippen LogP contribution in [0.3, 0.4) is 0 Å². The van der Waals surface area contributed by atoms with Gasteiger partial charge in [-0.1, -0.05) is 28.1 Å². The minimum Gasteiger partial charge on any atom is -0.456 e. The number of aryl methyl sites for hydroxylation is 2. The number of hydrogen-bond donors (Lipinski definition) is 0. The van der Waals surface area contributed by atoms with E-state index in [9.17, 15) is 0 Å². The van der Waals surface area contributed by atoms with Gasteiger partial charge in [-0.15, -0.1) is 0 Å². The summed E-state index contributed by atoms with van der Waals surface area (Å²) in [5.74, 6) is 1.35. The van der Waals surface area contributed by atoms with Crippen molar-refractivity contribution in [3.05, 3.63) is 57.6 Å². The molecule has 0 amide bonds. The molecule has 0 aliphatic heterocycles. The number of rotatable bonds is 2. The Hall–Kier alpha value is -1.79. The molecule has 0 heterocycles. The molecular weight excluding hydrogens is 290 g/mol. The molecule has 2 aromatic rings. The van der Waals surface area contributed by atoms with E-state index in [0.717, 1.165) is 21.3 Å². The SMILES string of the molecule is Cc1ccc(C)c(Oc2cc(Br)ccc2C#N)c1. The minimum absolute atomic E-state index is 0.527. The molecule has 0 fully saturated rings. The van der Waals surface area contributed by atoms with Gasteiger partial charge in [-0.05, 0) is 49.2 Å². The van der Waals surface area contributed by atoms with Crippen LogP contribution in [0.4, 0.5) is 0 Å². The number of hydrogen-bond acceptors (Lipinski definition) is 2. The minimum atomic E-state index is 0.527. The fourth-order valence-electron chi connectivity index (χ4n) is 1.61. The highest BCUT2D eigenvalue weighted by atomic mass is 79.9. The van der Waals surface area contributed by atoms with Crippen molar-refractivity contribution < 1.29 is 4.74 Å². The lowest BCUT2D eigenvalue weighted by Crippen LogP contribution is -1.91. The molecule has 0 bridgehead atoms. The first-order chi connectivity index (χ1) is 8.60. The molecule has 0 aliphatic carbocycles. The molecule has 0 spiro atoms. The Labute approximate surface area is 115 Å². The van der Waals surface area contributed by atoms with Crippen molar-refractivity contribution in [1.29, 1.82) is 5.26 Å². The number of nitriles is 1. The van der Waals surface area contributed by atoms with Crippen LogP contribution in [0, 0.1) is 25.2 Å². The van der Waals surface area contributed by atoms with E-state index in [1.807, 2.05) is 38.1 Å². The predicted octanol–water partition coefficient (Wildman–Crippen LogP) is 4.73. The summed E-state index contributed by atoms with van der Waals surface area (Å²) >= 11 is 3.38. The van der Waals surface area contributed by atoms with Gasteiger partial charge in [0.15, 0.2) is 0 Å². The fourth-order valence-corrected chi connectivity index (χ4v) is 1.95. The molecule has 2 aromatic carbocycles. The van der Waals surface area contributed by atoms with Crippen LogP contribution in [0.25, 0.3) is 0 Å². The zero-order valence-corrected chi connectivity index (χ0v) is 11.8. The molecule has 0 aromatic heterocycles. The van der Waals surface area contributed by atoms with Gasteiger partial charge in [0.05, 0.1) is 5.56 Å². The van der Waals surface area contributed by atoms with E-state index in [2.05, 4.69) is 22.0 Å². The van der Waals surface area contributed by atoms with Crippen LogP contribution in [-0.4, -0.2) is 0 Å². The standard InChI is InChI=1S/C15H12BrNO/c1-10-3-4-11(2)14(7-10)18-15-8-13(16)6-5-12(15)9-17/h3-8H,1-2H3. The molecule has 0 saturated carbocycles. The quantitative estimate of drug-likeness (QED) is 0.803. The van der Waals surface area contributed by atoms with Crippen LogP contribution >= 0.6 is 15.9 Å². The smallest absolute Gasteiger partial charge is 0.146 e. The Morgan fingerprint density at radius 3 is 2.56 bits per heavy atom. The van der Waals surface area contributed by atoms with Crippen LogP contribution in [0.1, 0.15) is 16.7 Å². The van der Waals surface area contributed by atoms with Crippen LogP contribution in [0.5, 0.6) is 11.5 Å². The Bertz CT molecular complexity index is 629. The van der Waals surface area contributed by atoms with Crippen LogP contribution in [0.2, 0.25) is 0 Å². The normalized spacial score (nSPS) is 9.89. The first kappa shape index (κ1) is 12.7. The maximum Gasteiger partial charge on any atom is 0.146 e. The Morgan fingerprint density at radius 1 is 1.06 bits per heavy atom. The Balaban J connectivity index is 2.43. The first-order valence-electron chi connectivity index (χ1n) is 5.55. The van der Waals surface area contributed by atoms with Crippen molar-refractivity contribution in [3.63, 3.8) is 0 Å². The predicted molar refractivity (Wildman–Crippen MR) is 74.8 cm³/mol. The molecule has 2 rings (SSSR count). The lowest BCUT2D eigenvalue weighted by atomic mass is 10.1. The molecule has 0 aliphatic rings. The molecule has 0 N–H and O–H groups in total. The van der Waals surface area contributed by atoms with E-state index in [4.69, 9.17) is 10.00 Å². The lowest BCUT2D eigenvalue weighted by Gasteiger charge is -2.11. The van der Waals surface area contributed by atoms with Crippen molar-refractivity contribution in [2.75, 3.05) is 0 Å². The van der Waals surface area contributed by atoms with E-state index in [1.54, 1.807) is 12.1 Å². The number of ether oxygens (including phenoxy) is 1. The number of benzene rings is 2. The van der Waals surface area contributed by atoms with Gasteiger partial charge in [0.25, 0.3) is 0 Å². The van der Waals surface area contributed by atoms with Gasteiger partial charge in [-0.2, -0.15) is 5.26 Å². The number of halogens is 1. The van der Waals surface area contributed by atoms with Gasteiger partial charge in [-0.25, -0.2) is 0 Å². The molecular formula is C15H12BrNO. The molecule has 0 radical (unpaired) electrons. The van der Waals surface area contributed by atoms with E-state index < -0.39 is 0 Å². The molecule has 0 saturated heterocycles. The third-order valence-electron chi connectivity index (χ3n) is 2.63. The van der Waals surface area contributed by atoms with E-state index in [-0.39, 0.29) is 0 Å². The van der Waals surface area contributed by atoms with Crippen LogP contribution in [-0.2, 0) is 0 Å². The summed E-state index contributed by atoms with van der Waals surface area (Å²) in [4.78, 5) is 0. The highest BCUT2D eigenvalue weighted by Gasteiger charge is 2.07. The summed E-state index contributed by atoms with van der Waals surface area (Å²) in [5, 5.41) is 9.07. The summed E-state index contributed by atoms with van der Waals surface area (Å²) in [7, 11) is 0. The second-order valence-electron chi connectivity index (χ2n) is 4.12. The second kappa shape index (κ2) is 5.24. The molecule has 90 valence electrons. The highest BCUT2D eigenvalue weighted by Crippen LogP contribution is 2.30. The molecule has 0 unspecified atom stereocenters. The van der Waals surface area contributed by atoms with Crippen molar-refractivity contribution in [3.8, 4) is 17.6 Å². The summed E-state index contributed by atoms with van der Waals surface area (Å²) < 4.78 is 6.73. The summed E-state index contributed by atoms with van der Waals surface area (Å²) in [6.45, 7) is 4.00. The van der Waals surface area contributed by atoms with Gasteiger partial charge in [-0.3, -0.25) is 0 Å². The van der Waals surface area contributed by atoms with Crippen LogP contribution in [0.15, 0.2) is 40.9 Å². The zero-order valence-electron chi connectivity index (χ0n) is 10.2. The Kier molecular flexibility index (Phi) is 3.69. The molecule has 18 heavy (non-hydrogen) atoms. The van der Waals surface area contributed by atoms with Gasteiger partial charge >= 0.3 is 0 Å². The molecule has 3 heteroatoms. The van der Waals surface area contributed by atoms with Gasteiger partial charge in [0, 0.05) is 4.47 Å². The van der Waals surface area contributed by atoms with Crippen molar-refractivity contribution in [2.45, 2.75) is 13.8 Å². The first-order valence-corrected chi connectivity index (χ1v) is 6.34.